The van der Waals surface area contributed by atoms with Gasteiger partial charge in [-0.3, -0.25) is 38.7 Å². The van der Waals surface area contributed by atoms with Crippen molar-refractivity contribution < 1.29 is 19.2 Å². The van der Waals surface area contributed by atoms with Crippen LogP contribution >= 0.6 is 24.4 Å². The van der Waals surface area contributed by atoms with E-state index in [1.54, 1.807) is 56.4 Å². The molecular formula is C20H38N10O6S2. The Bertz CT molecular complexity index is 970. The average Bonchev–Trinajstić information content (AvgIpc) is 2.79. The van der Waals surface area contributed by atoms with Gasteiger partial charge in [-0.15, -0.1) is 0 Å². The van der Waals surface area contributed by atoms with Gasteiger partial charge in [0.1, 0.15) is 11.6 Å². The van der Waals surface area contributed by atoms with E-state index in [9.17, 15) is 28.8 Å². The van der Waals surface area contributed by atoms with Gasteiger partial charge in [0, 0.05) is 68.5 Å². The molecule has 0 bridgehead atoms. The lowest BCUT2D eigenvalue weighted by atomic mass is 10.6. The van der Waals surface area contributed by atoms with Crippen molar-refractivity contribution in [1.29, 1.82) is 0 Å². The molecule has 0 unspecified atom stereocenters. The maximum absolute atomic E-state index is 10.5. The molecule has 0 aromatic carbocycles. The number of nitrogens with zero attached hydrogens (tertiary/aromatic N) is 4. The maximum Gasteiger partial charge on any atom is 0.253 e. The minimum Gasteiger partial charge on any atom is -0.385 e. The highest BCUT2D eigenvalue weighted by atomic mass is 32.1. The van der Waals surface area contributed by atoms with E-state index in [4.69, 9.17) is 11.5 Å². The summed E-state index contributed by atoms with van der Waals surface area (Å²) >= 11 is 9.19. The van der Waals surface area contributed by atoms with Crippen LogP contribution in [0.4, 0.5) is 11.6 Å². The zero-order chi connectivity index (χ0) is 30.8. The second-order valence-corrected chi connectivity index (χ2v) is 8.18. The van der Waals surface area contributed by atoms with E-state index in [0.717, 1.165) is 25.6 Å². The fraction of sp³-hybridized carbons (Fsp3) is 0.400. The molecule has 16 nitrogen and oxygen atoms in total. The molecule has 0 atom stereocenters. The Morgan fingerprint density at radius 1 is 0.553 bits per heavy atom. The standard InChI is InChI=1S/2C4H5N3OS.4C3H7NO/c2*5-2-1-3(8)7-4(9)6-2;4*1-4(2)3-5/h2*1H,(H4,5,6,7,8,9);4*3H,1-2H3. The van der Waals surface area contributed by atoms with E-state index in [-0.39, 0.29) is 32.3 Å². The number of carbonyl (C=O) groups excluding carboxylic acids is 4. The molecule has 2 aromatic heterocycles. The Labute approximate surface area is 230 Å². The number of aromatic amines is 4. The first-order chi connectivity index (χ1) is 17.4. The summed E-state index contributed by atoms with van der Waals surface area (Å²) in [5.41, 5.74) is 9.87. The van der Waals surface area contributed by atoms with Crippen LogP contribution in [0, 0.1) is 9.54 Å². The van der Waals surface area contributed by atoms with E-state index >= 15 is 0 Å². The zero-order valence-electron chi connectivity index (χ0n) is 22.7. The molecule has 4 amide bonds. The molecule has 0 saturated carbocycles. The highest BCUT2D eigenvalue weighted by Gasteiger charge is 1.85. The molecule has 216 valence electrons. The first-order valence-corrected chi connectivity index (χ1v) is 10.9. The molecule has 0 radical (unpaired) electrons. The number of hydrogen-bond donors (Lipinski definition) is 6. The molecule has 0 aliphatic carbocycles. The highest BCUT2D eigenvalue weighted by molar-refractivity contribution is 7.71. The SMILES string of the molecule is CN(C)C=O.CN(C)C=O.CN(C)C=O.CN(C)C=O.Nc1cc(=O)[nH]c(=S)[nH]1.Nc1cc(=O)[nH]c(=S)[nH]1. The van der Waals surface area contributed by atoms with Gasteiger partial charge >= 0.3 is 0 Å². The normalized spacial score (nSPS) is 8.00. The van der Waals surface area contributed by atoms with Crippen molar-refractivity contribution in [2.45, 2.75) is 0 Å². The van der Waals surface area contributed by atoms with Crippen molar-refractivity contribution in [2.75, 3.05) is 67.8 Å². The van der Waals surface area contributed by atoms with Crippen molar-refractivity contribution >= 4 is 61.7 Å². The van der Waals surface area contributed by atoms with Crippen LogP contribution in [0.2, 0.25) is 0 Å². The molecule has 38 heavy (non-hydrogen) atoms. The average molecular weight is 579 g/mol. The summed E-state index contributed by atoms with van der Waals surface area (Å²) < 4.78 is 0.500. The second-order valence-electron chi connectivity index (χ2n) is 7.36. The second kappa shape index (κ2) is 25.8. The smallest absolute Gasteiger partial charge is 0.253 e. The van der Waals surface area contributed by atoms with Crippen LogP contribution in [0.1, 0.15) is 0 Å². The predicted octanol–water partition coefficient (Wildman–Crippen LogP) is -1.15. The summed E-state index contributed by atoms with van der Waals surface area (Å²) in [4.78, 5) is 74.2. The van der Waals surface area contributed by atoms with E-state index < -0.39 is 0 Å². The van der Waals surface area contributed by atoms with E-state index in [2.05, 4.69) is 44.4 Å². The Balaban J connectivity index is -0.000000188. The molecule has 0 fully saturated rings. The van der Waals surface area contributed by atoms with Crippen LogP contribution in [-0.2, 0) is 19.2 Å². The fourth-order valence-corrected chi connectivity index (χ4v) is 1.41. The summed E-state index contributed by atoms with van der Waals surface area (Å²) in [5, 5.41) is 0. The van der Waals surface area contributed by atoms with Gasteiger partial charge < -0.3 is 41.0 Å². The zero-order valence-corrected chi connectivity index (χ0v) is 24.3. The topological polar surface area (TPSA) is 231 Å². The molecule has 0 spiro atoms. The number of amides is 4. The first kappa shape index (κ1) is 40.8. The lowest BCUT2D eigenvalue weighted by Crippen LogP contribution is -2.07. The van der Waals surface area contributed by atoms with Gasteiger partial charge in [-0.2, -0.15) is 0 Å². The van der Waals surface area contributed by atoms with Gasteiger partial charge in [0.15, 0.2) is 9.54 Å². The van der Waals surface area contributed by atoms with E-state index in [1.165, 1.54) is 31.7 Å². The molecule has 0 saturated heterocycles. The molecule has 0 aliphatic heterocycles. The Morgan fingerprint density at radius 2 is 0.737 bits per heavy atom. The van der Waals surface area contributed by atoms with Crippen LogP contribution in [0.15, 0.2) is 21.7 Å². The van der Waals surface area contributed by atoms with Crippen LogP contribution in [0.5, 0.6) is 0 Å². The number of H-pyrrole nitrogens is 4. The maximum atomic E-state index is 10.5. The van der Waals surface area contributed by atoms with Crippen molar-refractivity contribution in [3.05, 3.63) is 42.4 Å². The van der Waals surface area contributed by atoms with Crippen molar-refractivity contribution in [2.24, 2.45) is 0 Å². The third-order valence-electron chi connectivity index (χ3n) is 2.41. The summed E-state index contributed by atoms with van der Waals surface area (Å²) in [6, 6.07) is 2.46. The third-order valence-corrected chi connectivity index (χ3v) is 2.81. The number of aromatic nitrogens is 4. The van der Waals surface area contributed by atoms with Crippen LogP contribution in [0.25, 0.3) is 0 Å². The molecule has 2 heterocycles. The number of nitrogens with one attached hydrogen (secondary N) is 4. The molecule has 18 heteroatoms. The molecule has 2 aromatic rings. The number of anilines is 2. The van der Waals surface area contributed by atoms with Crippen LogP contribution in [0.3, 0.4) is 0 Å². The molecule has 2 rings (SSSR count). The summed E-state index contributed by atoms with van der Waals surface area (Å²) in [7, 11) is 13.5. The quantitative estimate of drug-likeness (QED) is 0.188. The van der Waals surface area contributed by atoms with E-state index in [0.29, 0.717) is 0 Å². The number of carbonyl (C=O) groups is 4. The summed E-state index contributed by atoms with van der Waals surface area (Å²) in [5.74, 6) is 0.563. The molecule has 0 aliphatic rings. The van der Waals surface area contributed by atoms with Gasteiger partial charge in [0.2, 0.25) is 25.6 Å². The molecule has 8 N–H and O–H groups in total. The monoisotopic (exact) mass is 578 g/mol. The van der Waals surface area contributed by atoms with Crippen molar-refractivity contribution in [3.63, 3.8) is 0 Å². The lowest BCUT2D eigenvalue weighted by molar-refractivity contribution is -0.116. The lowest BCUT2D eigenvalue weighted by Gasteiger charge is -1.93. The number of nitrogens with two attached hydrogens (primary N) is 2. The van der Waals surface area contributed by atoms with Gasteiger partial charge in [-0.1, -0.05) is 0 Å². The Kier molecular flexibility index (Phi) is 27.7. The van der Waals surface area contributed by atoms with Gasteiger partial charge in [-0.25, -0.2) is 0 Å². The number of hydrogen-bond acceptors (Lipinski definition) is 10. The van der Waals surface area contributed by atoms with Gasteiger partial charge in [0.05, 0.1) is 0 Å². The van der Waals surface area contributed by atoms with Crippen molar-refractivity contribution in [1.82, 2.24) is 39.5 Å². The molecular weight excluding hydrogens is 540 g/mol. The predicted molar refractivity (Wildman–Crippen MR) is 152 cm³/mol. The largest absolute Gasteiger partial charge is 0.385 e. The first-order valence-electron chi connectivity index (χ1n) is 10.1. The van der Waals surface area contributed by atoms with Gasteiger partial charge in [0.25, 0.3) is 11.1 Å². The van der Waals surface area contributed by atoms with Crippen LogP contribution < -0.4 is 22.6 Å². The summed E-state index contributed by atoms with van der Waals surface area (Å²) in [6.07, 6.45) is 3.00. The van der Waals surface area contributed by atoms with Gasteiger partial charge in [-0.05, 0) is 24.4 Å². The Hall–Kier alpha value is -4.32. The van der Waals surface area contributed by atoms with Crippen molar-refractivity contribution in [3.8, 4) is 0 Å². The fourth-order valence-electron chi connectivity index (χ4n) is 0.975. The van der Waals surface area contributed by atoms with E-state index in [1.807, 2.05) is 0 Å². The van der Waals surface area contributed by atoms with Crippen LogP contribution in [-0.4, -0.2) is 122 Å². The Morgan fingerprint density at radius 3 is 0.842 bits per heavy atom. The summed E-state index contributed by atoms with van der Waals surface area (Å²) in [6.45, 7) is 0. The highest BCUT2D eigenvalue weighted by Crippen LogP contribution is 1.85. The number of nitrogen functional groups attached to an aromatic ring is 2. The minimum atomic E-state index is -0.281. The third kappa shape index (κ3) is 38.9. The number of rotatable bonds is 4. The minimum absolute atomic E-state index is 0.250.